The minimum Gasteiger partial charge on any atom is -0.477 e. The highest BCUT2D eigenvalue weighted by molar-refractivity contribution is 6.00. The van der Waals surface area contributed by atoms with Crippen molar-refractivity contribution in [1.29, 1.82) is 0 Å². The second-order valence-corrected chi connectivity index (χ2v) is 8.21. The fourth-order valence-electron chi connectivity index (χ4n) is 4.18. The minimum absolute atomic E-state index is 0.0420. The van der Waals surface area contributed by atoms with Gasteiger partial charge in [0.05, 0.1) is 6.20 Å². The van der Waals surface area contributed by atoms with E-state index in [1.165, 1.54) is 29.0 Å². The van der Waals surface area contributed by atoms with Crippen molar-refractivity contribution < 1.29 is 19.1 Å². The summed E-state index contributed by atoms with van der Waals surface area (Å²) in [5, 5.41) is 16.9. The predicted octanol–water partition coefficient (Wildman–Crippen LogP) is 3.14. The van der Waals surface area contributed by atoms with E-state index < -0.39 is 5.97 Å². The molecule has 1 fully saturated rings. The Kier molecular flexibility index (Phi) is 6.01. The van der Waals surface area contributed by atoms with Gasteiger partial charge in [-0.3, -0.25) is 4.79 Å². The van der Waals surface area contributed by atoms with Crippen molar-refractivity contribution in [3.63, 3.8) is 0 Å². The van der Waals surface area contributed by atoms with Crippen LogP contribution in [0.4, 0.5) is 15.9 Å². The molecule has 4 aromatic rings. The van der Waals surface area contributed by atoms with Crippen molar-refractivity contribution >= 4 is 29.0 Å². The van der Waals surface area contributed by atoms with Gasteiger partial charge in [-0.1, -0.05) is 30.3 Å². The van der Waals surface area contributed by atoms with E-state index in [1.807, 2.05) is 30.3 Å². The number of aromatic carboxylic acids is 1. The molecule has 0 aliphatic carbocycles. The van der Waals surface area contributed by atoms with Crippen molar-refractivity contribution in [3.8, 4) is 0 Å². The SMILES string of the molecule is O=C(O)c1cnn2c(NCc3ccccc3)c(C(=O)N3CCN(c4ccc(F)cc4)CC3)cnc12. The average Bonchev–Trinajstić information content (AvgIpc) is 3.33. The Bertz CT molecular complexity index is 1370. The first-order valence-corrected chi connectivity index (χ1v) is 11.2. The number of halogens is 1. The number of amides is 1. The van der Waals surface area contributed by atoms with Gasteiger partial charge in [0.1, 0.15) is 22.8 Å². The van der Waals surface area contributed by atoms with Crippen LogP contribution in [-0.4, -0.2) is 62.7 Å². The van der Waals surface area contributed by atoms with Gasteiger partial charge in [-0.25, -0.2) is 14.2 Å². The number of nitrogens with one attached hydrogen (secondary N) is 1. The van der Waals surface area contributed by atoms with Crippen LogP contribution in [0, 0.1) is 5.82 Å². The molecule has 10 heteroatoms. The summed E-state index contributed by atoms with van der Waals surface area (Å²) in [6.07, 6.45) is 2.64. The highest BCUT2D eigenvalue weighted by Gasteiger charge is 2.27. The zero-order valence-corrected chi connectivity index (χ0v) is 18.8. The standard InChI is InChI=1S/C25H23FN6O3/c26-18-6-8-19(9-7-18)30-10-12-31(13-11-30)24(33)20-15-28-23-21(25(34)35)16-29-32(23)22(20)27-14-17-4-2-1-3-5-17/h1-9,15-16,27H,10-14H2,(H,34,35). The van der Waals surface area contributed by atoms with E-state index in [0.29, 0.717) is 44.1 Å². The van der Waals surface area contributed by atoms with E-state index in [9.17, 15) is 19.1 Å². The molecule has 2 aromatic heterocycles. The number of carboxylic acid groups (broad SMARTS) is 1. The predicted molar refractivity (Wildman–Crippen MR) is 128 cm³/mol. The molecule has 178 valence electrons. The van der Waals surface area contributed by atoms with Crippen LogP contribution in [0.1, 0.15) is 26.3 Å². The molecular formula is C25H23FN6O3. The summed E-state index contributed by atoms with van der Waals surface area (Å²) in [4.78, 5) is 33.2. The summed E-state index contributed by atoms with van der Waals surface area (Å²) < 4.78 is 14.6. The van der Waals surface area contributed by atoms with Crippen LogP contribution >= 0.6 is 0 Å². The Balaban J connectivity index is 1.41. The van der Waals surface area contributed by atoms with Crippen LogP contribution < -0.4 is 10.2 Å². The lowest BCUT2D eigenvalue weighted by atomic mass is 10.2. The number of benzene rings is 2. The van der Waals surface area contributed by atoms with Gasteiger partial charge >= 0.3 is 5.97 Å². The molecule has 1 aliphatic heterocycles. The number of hydrogen-bond acceptors (Lipinski definition) is 6. The Hall–Kier alpha value is -4.47. The van der Waals surface area contributed by atoms with Crippen LogP contribution in [0.5, 0.6) is 0 Å². The molecule has 0 bridgehead atoms. The minimum atomic E-state index is -1.14. The molecule has 0 radical (unpaired) electrons. The van der Waals surface area contributed by atoms with Crippen LogP contribution in [0.2, 0.25) is 0 Å². The number of piperazine rings is 1. The molecule has 9 nitrogen and oxygen atoms in total. The number of anilines is 2. The Morgan fingerprint density at radius 2 is 1.66 bits per heavy atom. The molecule has 0 unspecified atom stereocenters. The molecule has 0 spiro atoms. The molecule has 2 N–H and O–H groups in total. The number of fused-ring (bicyclic) bond motifs is 1. The maximum atomic E-state index is 13.5. The quantitative estimate of drug-likeness (QED) is 0.443. The lowest BCUT2D eigenvalue weighted by Gasteiger charge is -2.36. The van der Waals surface area contributed by atoms with Crippen molar-refractivity contribution in [2.75, 3.05) is 36.4 Å². The molecule has 35 heavy (non-hydrogen) atoms. The van der Waals surface area contributed by atoms with Crippen molar-refractivity contribution in [2.24, 2.45) is 0 Å². The van der Waals surface area contributed by atoms with Gasteiger partial charge in [-0.15, -0.1) is 0 Å². The van der Waals surface area contributed by atoms with E-state index in [-0.39, 0.29) is 22.9 Å². The summed E-state index contributed by atoms with van der Waals surface area (Å²) in [5.41, 5.74) is 2.33. The number of hydrogen-bond donors (Lipinski definition) is 2. The largest absolute Gasteiger partial charge is 0.477 e. The summed E-state index contributed by atoms with van der Waals surface area (Å²) >= 11 is 0. The second-order valence-electron chi connectivity index (χ2n) is 8.21. The number of aromatic nitrogens is 3. The molecule has 1 saturated heterocycles. The Morgan fingerprint density at radius 1 is 0.943 bits per heavy atom. The van der Waals surface area contributed by atoms with Crippen molar-refractivity contribution in [1.82, 2.24) is 19.5 Å². The topological polar surface area (TPSA) is 103 Å². The molecule has 1 amide bonds. The van der Waals surface area contributed by atoms with E-state index in [0.717, 1.165) is 11.3 Å². The van der Waals surface area contributed by atoms with Crippen LogP contribution in [0.25, 0.3) is 5.65 Å². The summed E-state index contributed by atoms with van der Waals surface area (Å²) in [7, 11) is 0. The lowest BCUT2D eigenvalue weighted by molar-refractivity contribution is 0.0697. The van der Waals surface area contributed by atoms with E-state index in [1.54, 1.807) is 17.0 Å². The zero-order chi connectivity index (χ0) is 24.4. The maximum absolute atomic E-state index is 13.5. The average molecular weight is 474 g/mol. The maximum Gasteiger partial charge on any atom is 0.341 e. The zero-order valence-electron chi connectivity index (χ0n) is 18.8. The number of nitrogens with zero attached hydrogens (tertiary/aromatic N) is 5. The van der Waals surface area contributed by atoms with Crippen LogP contribution in [0.15, 0.2) is 67.0 Å². The van der Waals surface area contributed by atoms with E-state index in [4.69, 9.17) is 0 Å². The fourth-order valence-corrected chi connectivity index (χ4v) is 4.18. The monoisotopic (exact) mass is 474 g/mol. The number of carbonyl (C=O) groups excluding carboxylic acids is 1. The molecule has 0 atom stereocenters. The molecular weight excluding hydrogens is 451 g/mol. The molecule has 0 saturated carbocycles. The normalized spacial score (nSPS) is 13.7. The number of carbonyl (C=O) groups is 2. The third-order valence-corrected chi connectivity index (χ3v) is 6.05. The second kappa shape index (κ2) is 9.41. The first-order chi connectivity index (χ1) is 17.0. The summed E-state index contributed by atoms with van der Waals surface area (Å²) in [6, 6.07) is 16.0. The highest BCUT2D eigenvalue weighted by Crippen LogP contribution is 2.23. The first kappa shape index (κ1) is 22.3. The van der Waals surface area contributed by atoms with Crippen molar-refractivity contribution in [3.05, 3.63) is 89.5 Å². The Labute approximate surface area is 200 Å². The van der Waals surface area contributed by atoms with Gasteiger partial charge < -0.3 is 20.2 Å². The fraction of sp³-hybridized carbons (Fsp3) is 0.200. The first-order valence-electron chi connectivity index (χ1n) is 11.2. The smallest absolute Gasteiger partial charge is 0.341 e. The van der Waals surface area contributed by atoms with Crippen LogP contribution in [-0.2, 0) is 6.54 Å². The third-order valence-electron chi connectivity index (χ3n) is 6.05. The number of carboxylic acids is 1. The van der Waals surface area contributed by atoms with Gasteiger partial charge in [0.15, 0.2) is 5.65 Å². The van der Waals surface area contributed by atoms with E-state index in [2.05, 4.69) is 20.3 Å². The van der Waals surface area contributed by atoms with Crippen LogP contribution in [0.3, 0.4) is 0 Å². The Morgan fingerprint density at radius 3 is 2.34 bits per heavy atom. The van der Waals surface area contributed by atoms with Gasteiger partial charge in [-0.05, 0) is 29.8 Å². The van der Waals surface area contributed by atoms with E-state index >= 15 is 0 Å². The third kappa shape index (κ3) is 4.50. The highest BCUT2D eigenvalue weighted by atomic mass is 19.1. The summed E-state index contributed by atoms with van der Waals surface area (Å²) in [6.45, 7) is 2.58. The molecule has 3 heterocycles. The van der Waals surface area contributed by atoms with Gasteiger partial charge in [0.2, 0.25) is 0 Å². The summed E-state index contributed by atoms with van der Waals surface area (Å²) in [5.74, 6) is -1.26. The molecule has 5 rings (SSSR count). The molecule has 1 aliphatic rings. The van der Waals surface area contributed by atoms with Gasteiger partial charge in [-0.2, -0.15) is 9.61 Å². The van der Waals surface area contributed by atoms with Gasteiger partial charge in [0.25, 0.3) is 5.91 Å². The lowest BCUT2D eigenvalue weighted by Crippen LogP contribution is -2.49. The van der Waals surface area contributed by atoms with Gasteiger partial charge in [0, 0.05) is 44.6 Å². The molecule has 2 aromatic carbocycles. The van der Waals surface area contributed by atoms with Crippen molar-refractivity contribution in [2.45, 2.75) is 6.54 Å². The number of rotatable bonds is 6.